The smallest absolute Gasteiger partial charge is 0.235 e. The number of nitrogens with zero attached hydrogens (tertiary/aromatic N) is 1. The summed E-state index contributed by atoms with van der Waals surface area (Å²) in [6.07, 6.45) is 0. The third-order valence-electron chi connectivity index (χ3n) is 5.37. The quantitative estimate of drug-likeness (QED) is 0.626. The van der Waals surface area contributed by atoms with Crippen LogP contribution in [0.1, 0.15) is 28.0 Å². The van der Waals surface area contributed by atoms with Crippen molar-refractivity contribution in [2.45, 2.75) is 11.3 Å². The number of ether oxygens (including phenoxy) is 2. The van der Waals surface area contributed by atoms with Gasteiger partial charge in [0.05, 0.1) is 5.92 Å². The van der Waals surface area contributed by atoms with Crippen molar-refractivity contribution in [1.29, 1.82) is 0 Å². The molecule has 2 heterocycles. The highest BCUT2D eigenvalue weighted by Crippen LogP contribution is 2.44. The molecule has 2 aliphatic rings. The zero-order valence-electron chi connectivity index (χ0n) is 15.9. The minimum atomic E-state index is -0.312. The Kier molecular flexibility index (Phi) is 4.90. The number of carbonyl (C=O) groups excluding carboxylic acids is 1. The van der Waals surface area contributed by atoms with E-state index in [1.807, 2.05) is 83.8 Å². The highest BCUT2D eigenvalue weighted by Gasteiger charge is 2.36. The molecule has 146 valence electrons. The average Bonchev–Trinajstić information content (AvgIpc) is 3.44. The van der Waals surface area contributed by atoms with Crippen LogP contribution in [0.3, 0.4) is 0 Å². The minimum Gasteiger partial charge on any atom is -0.454 e. The van der Waals surface area contributed by atoms with E-state index in [1.165, 1.54) is 0 Å². The van der Waals surface area contributed by atoms with E-state index in [0.717, 1.165) is 40.5 Å². The number of benzene rings is 3. The van der Waals surface area contributed by atoms with Crippen LogP contribution in [-0.4, -0.2) is 29.9 Å². The van der Waals surface area contributed by atoms with Crippen molar-refractivity contribution in [1.82, 2.24) is 4.90 Å². The molecule has 3 aromatic carbocycles. The number of rotatable bonds is 4. The molecule has 1 unspecified atom stereocenters. The van der Waals surface area contributed by atoms with Crippen LogP contribution >= 0.6 is 11.8 Å². The Hall–Kier alpha value is -2.92. The summed E-state index contributed by atoms with van der Waals surface area (Å²) in [5, 5.41) is -0.0214. The normalized spacial score (nSPS) is 17.7. The molecular weight excluding hydrogens is 382 g/mol. The van der Waals surface area contributed by atoms with E-state index in [-0.39, 0.29) is 24.0 Å². The maximum Gasteiger partial charge on any atom is 0.235 e. The minimum absolute atomic E-state index is 0.0214. The highest BCUT2D eigenvalue weighted by atomic mass is 32.2. The topological polar surface area (TPSA) is 38.8 Å². The zero-order chi connectivity index (χ0) is 19.6. The predicted molar refractivity (Wildman–Crippen MR) is 114 cm³/mol. The summed E-state index contributed by atoms with van der Waals surface area (Å²) < 4.78 is 11.0. The first-order chi connectivity index (χ1) is 14.3. The molecule has 4 nitrogen and oxygen atoms in total. The van der Waals surface area contributed by atoms with Crippen LogP contribution in [0.4, 0.5) is 0 Å². The monoisotopic (exact) mass is 403 g/mol. The number of thioether (sulfide) groups is 1. The molecule has 0 aromatic heterocycles. The molecule has 0 bridgehead atoms. The van der Waals surface area contributed by atoms with E-state index in [9.17, 15) is 4.79 Å². The predicted octanol–water partition coefficient (Wildman–Crippen LogP) is 4.82. The first-order valence-corrected chi connectivity index (χ1v) is 10.8. The van der Waals surface area contributed by atoms with Gasteiger partial charge >= 0.3 is 0 Å². The summed E-state index contributed by atoms with van der Waals surface area (Å²) in [5.74, 6) is 2.26. The highest BCUT2D eigenvalue weighted by molar-refractivity contribution is 7.99. The molecule has 0 radical (unpaired) electrons. The summed E-state index contributed by atoms with van der Waals surface area (Å²) in [6.45, 7) is 0.988. The third kappa shape index (κ3) is 3.47. The van der Waals surface area contributed by atoms with Gasteiger partial charge in [0.1, 0.15) is 5.37 Å². The van der Waals surface area contributed by atoms with Crippen molar-refractivity contribution in [3.8, 4) is 11.5 Å². The SMILES string of the molecule is O=C(C(c1ccccc1)c1ccccc1)N1CCSC1c1ccc2c(c1)OCO2. The molecule has 5 heteroatoms. The van der Waals surface area contributed by atoms with Gasteiger partial charge in [-0.25, -0.2) is 0 Å². The number of hydrogen-bond donors (Lipinski definition) is 0. The lowest BCUT2D eigenvalue weighted by Crippen LogP contribution is -2.35. The van der Waals surface area contributed by atoms with Gasteiger partial charge in [-0.15, -0.1) is 11.8 Å². The molecule has 1 atom stereocenters. The molecule has 0 spiro atoms. The lowest BCUT2D eigenvalue weighted by atomic mass is 9.90. The Morgan fingerprint density at radius 1 is 0.897 bits per heavy atom. The molecule has 1 fully saturated rings. The van der Waals surface area contributed by atoms with Gasteiger partial charge in [-0.3, -0.25) is 4.79 Å². The van der Waals surface area contributed by atoms with Crippen LogP contribution in [0.2, 0.25) is 0 Å². The summed E-state index contributed by atoms with van der Waals surface area (Å²) in [4.78, 5) is 15.8. The number of fused-ring (bicyclic) bond motifs is 1. The van der Waals surface area contributed by atoms with Gasteiger partial charge in [-0.05, 0) is 28.8 Å². The van der Waals surface area contributed by atoms with Crippen molar-refractivity contribution in [3.63, 3.8) is 0 Å². The van der Waals surface area contributed by atoms with Crippen LogP contribution in [0.25, 0.3) is 0 Å². The van der Waals surface area contributed by atoms with E-state index in [2.05, 4.69) is 0 Å². The van der Waals surface area contributed by atoms with Gasteiger partial charge in [-0.1, -0.05) is 66.7 Å². The Morgan fingerprint density at radius 2 is 1.55 bits per heavy atom. The van der Waals surface area contributed by atoms with Gasteiger partial charge in [0.25, 0.3) is 0 Å². The third-order valence-corrected chi connectivity index (χ3v) is 6.63. The molecule has 1 saturated heterocycles. The van der Waals surface area contributed by atoms with Crippen molar-refractivity contribution in [3.05, 3.63) is 95.6 Å². The lowest BCUT2D eigenvalue weighted by molar-refractivity contribution is -0.132. The van der Waals surface area contributed by atoms with Crippen LogP contribution in [0.5, 0.6) is 11.5 Å². The molecular formula is C24H21NO3S. The second-order valence-electron chi connectivity index (χ2n) is 7.12. The Labute approximate surface area is 174 Å². The van der Waals surface area contributed by atoms with E-state index in [0.29, 0.717) is 0 Å². The van der Waals surface area contributed by atoms with Gasteiger partial charge in [-0.2, -0.15) is 0 Å². The number of amides is 1. The van der Waals surface area contributed by atoms with Crippen LogP contribution in [-0.2, 0) is 4.79 Å². The maximum absolute atomic E-state index is 13.8. The van der Waals surface area contributed by atoms with Gasteiger partial charge in [0.15, 0.2) is 11.5 Å². The molecule has 2 aliphatic heterocycles. The number of hydrogen-bond acceptors (Lipinski definition) is 4. The average molecular weight is 404 g/mol. The Morgan fingerprint density at radius 3 is 2.24 bits per heavy atom. The van der Waals surface area contributed by atoms with Gasteiger partial charge in [0, 0.05) is 12.3 Å². The molecule has 5 rings (SSSR count). The number of carbonyl (C=O) groups is 1. The first kappa shape index (κ1) is 18.1. The van der Waals surface area contributed by atoms with E-state index < -0.39 is 0 Å². The maximum atomic E-state index is 13.8. The largest absolute Gasteiger partial charge is 0.454 e. The van der Waals surface area contributed by atoms with Crippen molar-refractivity contribution in [2.75, 3.05) is 19.1 Å². The van der Waals surface area contributed by atoms with E-state index >= 15 is 0 Å². The fraction of sp³-hybridized carbons (Fsp3) is 0.208. The van der Waals surface area contributed by atoms with E-state index in [4.69, 9.17) is 9.47 Å². The fourth-order valence-electron chi connectivity index (χ4n) is 3.97. The van der Waals surface area contributed by atoms with Gasteiger partial charge < -0.3 is 14.4 Å². The molecule has 0 N–H and O–H groups in total. The Bertz CT molecular complexity index is 970. The molecule has 3 aromatic rings. The second kappa shape index (κ2) is 7.84. The Balaban J connectivity index is 1.49. The summed E-state index contributed by atoms with van der Waals surface area (Å²) in [7, 11) is 0. The fourth-order valence-corrected chi connectivity index (χ4v) is 5.23. The summed E-state index contributed by atoms with van der Waals surface area (Å²) in [6, 6.07) is 26.1. The molecule has 0 aliphatic carbocycles. The van der Waals surface area contributed by atoms with Crippen molar-refractivity contribution >= 4 is 17.7 Å². The molecule has 29 heavy (non-hydrogen) atoms. The molecule has 1 amide bonds. The summed E-state index contributed by atoms with van der Waals surface area (Å²) >= 11 is 1.79. The van der Waals surface area contributed by atoms with Crippen LogP contribution in [0, 0.1) is 0 Å². The standard InChI is InChI=1S/C24H21NO3S/c26-23(22(17-7-3-1-4-8-17)18-9-5-2-6-10-18)25-13-14-29-24(25)19-11-12-20-21(15-19)28-16-27-20/h1-12,15,22,24H,13-14,16H2. The van der Waals surface area contributed by atoms with Crippen molar-refractivity contribution in [2.24, 2.45) is 0 Å². The van der Waals surface area contributed by atoms with Crippen LogP contribution in [0.15, 0.2) is 78.9 Å². The summed E-state index contributed by atoms with van der Waals surface area (Å²) in [5.41, 5.74) is 3.11. The van der Waals surface area contributed by atoms with Crippen molar-refractivity contribution < 1.29 is 14.3 Å². The van der Waals surface area contributed by atoms with Gasteiger partial charge in [0.2, 0.25) is 12.7 Å². The van der Waals surface area contributed by atoms with Crippen LogP contribution < -0.4 is 9.47 Å². The first-order valence-electron chi connectivity index (χ1n) is 9.73. The van der Waals surface area contributed by atoms with E-state index in [1.54, 1.807) is 11.8 Å². The lowest BCUT2D eigenvalue weighted by Gasteiger charge is -2.29. The second-order valence-corrected chi connectivity index (χ2v) is 8.31. The zero-order valence-corrected chi connectivity index (χ0v) is 16.7. The molecule has 0 saturated carbocycles.